The van der Waals surface area contributed by atoms with Crippen LogP contribution in [-0.4, -0.2) is 12.9 Å². The van der Waals surface area contributed by atoms with Gasteiger partial charge in [-0.25, -0.2) is 0 Å². The molecule has 0 aliphatic rings. The van der Waals surface area contributed by atoms with Gasteiger partial charge in [-0.15, -0.1) is 0 Å². The van der Waals surface area contributed by atoms with E-state index in [1.165, 1.54) is 5.56 Å². The van der Waals surface area contributed by atoms with E-state index in [-0.39, 0.29) is 5.41 Å². The summed E-state index contributed by atoms with van der Waals surface area (Å²) in [6.07, 6.45) is 5.98. The zero-order chi connectivity index (χ0) is 14.0. The second-order valence-corrected chi connectivity index (χ2v) is 5.26. The van der Waals surface area contributed by atoms with Gasteiger partial charge in [-0.05, 0) is 30.2 Å². The molecule has 1 unspecified atom stereocenters. The number of carbonyl (C=O) groups excluding carboxylic acids is 1. The molecule has 1 rings (SSSR count). The van der Waals surface area contributed by atoms with E-state index < -0.39 is 0 Å². The van der Waals surface area contributed by atoms with Crippen LogP contribution in [0.25, 0.3) is 0 Å². The molecule has 2 heteroatoms. The SMILES string of the molecule is CCCC(CC)(CC=O)CCOCc1ccccc1. The molecule has 0 amide bonds. The molecule has 0 radical (unpaired) electrons. The van der Waals surface area contributed by atoms with E-state index in [0.29, 0.717) is 13.0 Å². The van der Waals surface area contributed by atoms with Crippen molar-refractivity contribution in [2.24, 2.45) is 5.41 Å². The summed E-state index contributed by atoms with van der Waals surface area (Å²) in [6.45, 7) is 5.75. The molecule has 0 aliphatic heterocycles. The van der Waals surface area contributed by atoms with Crippen LogP contribution in [0, 0.1) is 5.41 Å². The van der Waals surface area contributed by atoms with Crippen molar-refractivity contribution in [2.75, 3.05) is 6.61 Å². The average Bonchev–Trinajstić information content (AvgIpc) is 2.45. The maximum Gasteiger partial charge on any atom is 0.120 e. The van der Waals surface area contributed by atoms with Crippen LogP contribution in [0.1, 0.15) is 51.5 Å². The minimum Gasteiger partial charge on any atom is -0.377 e. The molecule has 0 aliphatic carbocycles. The van der Waals surface area contributed by atoms with Crippen LogP contribution in [0.15, 0.2) is 30.3 Å². The van der Waals surface area contributed by atoms with Crippen LogP contribution < -0.4 is 0 Å². The van der Waals surface area contributed by atoms with Gasteiger partial charge in [0.25, 0.3) is 0 Å². The first-order chi connectivity index (χ1) is 9.26. The zero-order valence-corrected chi connectivity index (χ0v) is 12.2. The molecule has 1 aromatic carbocycles. The Kier molecular flexibility index (Phi) is 7.42. The van der Waals surface area contributed by atoms with Crippen molar-refractivity contribution in [1.29, 1.82) is 0 Å². The highest BCUT2D eigenvalue weighted by Gasteiger charge is 2.26. The van der Waals surface area contributed by atoms with E-state index in [9.17, 15) is 4.79 Å². The molecular formula is C17H26O2. The second-order valence-electron chi connectivity index (χ2n) is 5.26. The molecule has 0 aromatic heterocycles. The van der Waals surface area contributed by atoms with E-state index in [1.54, 1.807) is 0 Å². The van der Waals surface area contributed by atoms with Crippen molar-refractivity contribution in [3.05, 3.63) is 35.9 Å². The van der Waals surface area contributed by atoms with Gasteiger partial charge in [-0.2, -0.15) is 0 Å². The number of carbonyl (C=O) groups is 1. The molecule has 0 saturated heterocycles. The van der Waals surface area contributed by atoms with E-state index in [4.69, 9.17) is 4.74 Å². The quantitative estimate of drug-likeness (QED) is 0.462. The lowest BCUT2D eigenvalue weighted by Gasteiger charge is -2.30. The topological polar surface area (TPSA) is 26.3 Å². The number of ether oxygens (including phenoxy) is 1. The molecular weight excluding hydrogens is 236 g/mol. The van der Waals surface area contributed by atoms with Gasteiger partial charge >= 0.3 is 0 Å². The summed E-state index contributed by atoms with van der Waals surface area (Å²) in [6, 6.07) is 10.2. The van der Waals surface area contributed by atoms with Gasteiger partial charge in [0.2, 0.25) is 0 Å². The predicted molar refractivity (Wildman–Crippen MR) is 79.0 cm³/mol. The monoisotopic (exact) mass is 262 g/mol. The van der Waals surface area contributed by atoms with Crippen LogP contribution in [0.3, 0.4) is 0 Å². The van der Waals surface area contributed by atoms with Crippen molar-refractivity contribution in [3.8, 4) is 0 Å². The van der Waals surface area contributed by atoms with Crippen molar-refractivity contribution >= 4 is 6.29 Å². The van der Waals surface area contributed by atoms with Crippen LogP contribution in [-0.2, 0) is 16.1 Å². The van der Waals surface area contributed by atoms with Crippen molar-refractivity contribution in [2.45, 2.75) is 52.6 Å². The van der Waals surface area contributed by atoms with Crippen molar-refractivity contribution in [3.63, 3.8) is 0 Å². The van der Waals surface area contributed by atoms with Crippen molar-refractivity contribution in [1.82, 2.24) is 0 Å². The van der Waals surface area contributed by atoms with Crippen LogP contribution in [0.2, 0.25) is 0 Å². The number of hydrogen-bond acceptors (Lipinski definition) is 2. The van der Waals surface area contributed by atoms with Crippen LogP contribution in [0.5, 0.6) is 0 Å². The van der Waals surface area contributed by atoms with Gasteiger partial charge in [0.15, 0.2) is 0 Å². The smallest absolute Gasteiger partial charge is 0.120 e. The fourth-order valence-electron chi connectivity index (χ4n) is 2.59. The number of rotatable bonds is 10. The maximum absolute atomic E-state index is 10.9. The van der Waals surface area contributed by atoms with Gasteiger partial charge < -0.3 is 9.53 Å². The summed E-state index contributed by atoms with van der Waals surface area (Å²) >= 11 is 0. The minimum absolute atomic E-state index is 0.146. The highest BCUT2D eigenvalue weighted by atomic mass is 16.5. The first-order valence-corrected chi connectivity index (χ1v) is 7.31. The van der Waals surface area contributed by atoms with Gasteiger partial charge in [0.1, 0.15) is 6.29 Å². The standard InChI is InChI=1S/C17H26O2/c1-3-10-17(4-2,11-13-18)12-14-19-15-16-8-6-5-7-9-16/h5-9,13H,3-4,10-12,14-15H2,1-2H3. The van der Waals surface area contributed by atoms with E-state index in [0.717, 1.165) is 38.6 Å². The molecule has 0 fully saturated rings. The Morgan fingerprint density at radius 2 is 1.89 bits per heavy atom. The molecule has 0 N–H and O–H groups in total. The highest BCUT2D eigenvalue weighted by Crippen LogP contribution is 2.35. The molecule has 106 valence electrons. The summed E-state index contributed by atoms with van der Waals surface area (Å²) in [5.41, 5.74) is 1.35. The first-order valence-electron chi connectivity index (χ1n) is 7.31. The Bertz CT molecular complexity index is 348. The zero-order valence-electron chi connectivity index (χ0n) is 12.2. The lowest BCUT2D eigenvalue weighted by Crippen LogP contribution is -2.22. The van der Waals surface area contributed by atoms with E-state index in [2.05, 4.69) is 26.0 Å². The maximum atomic E-state index is 10.9. The number of hydrogen-bond donors (Lipinski definition) is 0. The fraction of sp³-hybridized carbons (Fsp3) is 0.588. The Hall–Kier alpha value is -1.15. The molecule has 1 aromatic rings. The van der Waals surface area contributed by atoms with Crippen molar-refractivity contribution < 1.29 is 9.53 Å². The Morgan fingerprint density at radius 3 is 2.47 bits per heavy atom. The van der Waals surface area contributed by atoms with Gasteiger partial charge in [-0.3, -0.25) is 0 Å². The molecule has 1 atom stereocenters. The molecule has 0 saturated carbocycles. The van der Waals surface area contributed by atoms with E-state index in [1.807, 2.05) is 18.2 Å². The molecule has 0 bridgehead atoms. The summed E-state index contributed by atoms with van der Waals surface area (Å²) in [5, 5.41) is 0. The predicted octanol–water partition coefficient (Wildman–Crippen LogP) is 4.38. The number of benzene rings is 1. The summed E-state index contributed by atoms with van der Waals surface area (Å²) in [7, 11) is 0. The first kappa shape index (κ1) is 15.9. The van der Waals surface area contributed by atoms with Gasteiger partial charge in [0.05, 0.1) is 6.61 Å². The third-order valence-corrected chi connectivity index (χ3v) is 3.93. The minimum atomic E-state index is 0.146. The highest BCUT2D eigenvalue weighted by molar-refractivity contribution is 5.50. The van der Waals surface area contributed by atoms with Gasteiger partial charge in [-0.1, -0.05) is 50.6 Å². The second kappa shape index (κ2) is 8.87. The molecule has 0 spiro atoms. The molecule has 0 heterocycles. The lowest BCUT2D eigenvalue weighted by molar-refractivity contribution is -0.110. The molecule has 19 heavy (non-hydrogen) atoms. The third kappa shape index (κ3) is 5.56. The largest absolute Gasteiger partial charge is 0.377 e. The third-order valence-electron chi connectivity index (χ3n) is 3.93. The number of aldehydes is 1. The normalized spacial score (nSPS) is 14.0. The summed E-state index contributed by atoms with van der Waals surface area (Å²) < 4.78 is 5.75. The fourth-order valence-corrected chi connectivity index (χ4v) is 2.59. The van der Waals surface area contributed by atoms with Gasteiger partial charge in [0, 0.05) is 13.0 Å². The average molecular weight is 262 g/mol. The summed E-state index contributed by atoms with van der Waals surface area (Å²) in [4.78, 5) is 10.9. The summed E-state index contributed by atoms with van der Waals surface area (Å²) in [5.74, 6) is 0. The van der Waals surface area contributed by atoms with Crippen LogP contribution in [0.4, 0.5) is 0 Å². The Balaban J connectivity index is 2.37. The van der Waals surface area contributed by atoms with Crippen LogP contribution >= 0.6 is 0 Å². The Morgan fingerprint density at radius 1 is 1.16 bits per heavy atom. The Labute approximate surface area is 117 Å². The van der Waals surface area contributed by atoms with E-state index >= 15 is 0 Å². The lowest BCUT2D eigenvalue weighted by atomic mass is 9.76. The molecule has 2 nitrogen and oxygen atoms in total.